The van der Waals surface area contributed by atoms with E-state index in [4.69, 9.17) is 30.8 Å². The molecule has 4 aromatic carbocycles. The highest BCUT2D eigenvalue weighted by molar-refractivity contribution is 6.30. The van der Waals surface area contributed by atoms with E-state index in [1.807, 2.05) is 48.5 Å². The van der Waals surface area contributed by atoms with Crippen molar-refractivity contribution in [2.75, 3.05) is 26.2 Å². The lowest BCUT2D eigenvalue weighted by atomic mass is 9.72. The van der Waals surface area contributed by atoms with Crippen molar-refractivity contribution in [3.05, 3.63) is 112 Å². The van der Waals surface area contributed by atoms with E-state index in [9.17, 15) is 14.0 Å². The van der Waals surface area contributed by atoms with Crippen molar-refractivity contribution in [1.82, 2.24) is 0 Å². The Labute approximate surface area is 259 Å². The van der Waals surface area contributed by atoms with Crippen molar-refractivity contribution in [1.29, 1.82) is 0 Å². The third-order valence-electron chi connectivity index (χ3n) is 8.29. The summed E-state index contributed by atoms with van der Waals surface area (Å²) >= 11 is 6.14. The smallest absolute Gasteiger partial charge is 0.259 e. The summed E-state index contributed by atoms with van der Waals surface area (Å²) in [7, 11) is 4.44. The van der Waals surface area contributed by atoms with Gasteiger partial charge in [-0.2, -0.15) is 0 Å². The van der Waals surface area contributed by atoms with Crippen LogP contribution in [-0.2, 0) is 4.79 Å². The first kappa shape index (κ1) is 29.4. The molecule has 0 bridgehead atoms. The molecule has 1 saturated carbocycles. The molecule has 4 aromatic rings. The maximum atomic E-state index is 14.7. The number of para-hydroxylation sites is 2. The van der Waals surface area contributed by atoms with Crippen LogP contribution < -0.4 is 19.1 Å². The largest absolute Gasteiger partial charge is 0.493 e. The Hall–Kier alpha value is -4.69. The second-order valence-electron chi connectivity index (χ2n) is 10.8. The zero-order chi connectivity index (χ0) is 31.0. The Morgan fingerprint density at radius 2 is 1.50 bits per heavy atom. The Morgan fingerprint density at radius 3 is 2.14 bits per heavy atom. The predicted molar refractivity (Wildman–Crippen MR) is 168 cm³/mol. The number of benzene rings is 4. The molecule has 224 valence electrons. The van der Waals surface area contributed by atoms with Gasteiger partial charge in [-0.05, 0) is 72.0 Å². The van der Waals surface area contributed by atoms with Crippen LogP contribution in [0.3, 0.4) is 0 Å². The highest BCUT2D eigenvalue weighted by Crippen LogP contribution is 2.48. The Morgan fingerprint density at radius 1 is 0.864 bits per heavy atom. The quantitative estimate of drug-likeness (QED) is 0.223. The number of fused-ring (bicyclic) bond motifs is 2. The number of rotatable bonds is 6. The van der Waals surface area contributed by atoms with Gasteiger partial charge in [0.1, 0.15) is 11.6 Å². The summed E-state index contributed by atoms with van der Waals surface area (Å²) in [4.78, 5) is 35.6. The first-order chi connectivity index (χ1) is 21.3. The molecule has 3 unspecified atom stereocenters. The molecule has 7 nitrogen and oxygen atoms in total. The van der Waals surface area contributed by atoms with E-state index in [2.05, 4.69) is 0 Å². The minimum Gasteiger partial charge on any atom is -0.493 e. The monoisotopic (exact) mass is 612 g/mol. The topological polar surface area (TPSA) is 77.4 Å². The zero-order valence-electron chi connectivity index (χ0n) is 24.4. The molecule has 6 rings (SSSR count). The van der Waals surface area contributed by atoms with Gasteiger partial charge in [0, 0.05) is 22.7 Å². The highest BCUT2D eigenvalue weighted by Gasteiger charge is 2.46. The van der Waals surface area contributed by atoms with Gasteiger partial charge < -0.3 is 14.2 Å². The summed E-state index contributed by atoms with van der Waals surface area (Å²) in [6, 6.07) is 23.1. The molecule has 44 heavy (non-hydrogen) atoms. The molecule has 0 N–H and O–H groups in total. The normalized spacial score (nSPS) is 19.3. The second-order valence-corrected chi connectivity index (χ2v) is 11.2. The van der Waals surface area contributed by atoms with Gasteiger partial charge >= 0.3 is 0 Å². The number of carbonyl (C=O) groups is 2. The first-order valence-electron chi connectivity index (χ1n) is 14.2. The van der Waals surface area contributed by atoms with Gasteiger partial charge in [-0.1, -0.05) is 48.0 Å². The summed E-state index contributed by atoms with van der Waals surface area (Å²) in [5.41, 5.74) is 3.61. The standard InChI is InChI=1S/C35H30ClFN2O5/c1-42-30-18-23(19-31(43-2)34(30)44-3)35(41)39-28-7-5-4-6-26(28)38-27-16-22(20-8-12-24(36)13-9-20)17-29(40)32(27)33(39)21-10-14-25(37)15-11-21/h4-15,18-19,22,32-33H,16-17H2,1-3H3. The van der Waals surface area contributed by atoms with Crippen LogP contribution in [-0.4, -0.2) is 38.7 Å². The summed E-state index contributed by atoms with van der Waals surface area (Å²) < 4.78 is 30.7. The average molecular weight is 613 g/mol. The van der Waals surface area contributed by atoms with Crippen LogP contribution in [0.2, 0.25) is 5.02 Å². The van der Waals surface area contributed by atoms with Crippen LogP contribution in [0.5, 0.6) is 17.2 Å². The van der Waals surface area contributed by atoms with E-state index in [0.717, 1.165) is 5.56 Å². The summed E-state index contributed by atoms with van der Waals surface area (Å²) in [5, 5.41) is 0.617. The summed E-state index contributed by atoms with van der Waals surface area (Å²) in [6.07, 6.45) is 0.766. The van der Waals surface area contributed by atoms with Crippen molar-refractivity contribution in [3.63, 3.8) is 0 Å². The molecule has 0 spiro atoms. The highest BCUT2D eigenvalue weighted by atomic mass is 35.5. The third-order valence-corrected chi connectivity index (χ3v) is 8.54. The van der Waals surface area contributed by atoms with Crippen molar-refractivity contribution in [3.8, 4) is 17.2 Å². The first-order valence-corrected chi connectivity index (χ1v) is 14.5. The Bertz CT molecular complexity index is 1730. The molecule has 1 aliphatic heterocycles. The fourth-order valence-electron chi connectivity index (χ4n) is 6.25. The molecule has 0 radical (unpaired) electrons. The molecule has 0 aromatic heterocycles. The molecule has 2 aliphatic rings. The Kier molecular flexibility index (Phi) is 8.10. The maximum absolute atomic E-state index is 14.7. The van der Waals surface area contributed by atoms with Crippen molar-refractivity contribution < 1.29 is 28.2 Å². The molecule has 1 fully saturated rings. The second kappa shape index (κ2) is 12.1. The number of aliphatic imine (C=N–C) groups is 1. The van der Waals surface area contributed by atoms with E-state index in [0.29, 0.717) is 51.3 Å². The van der Waals surface area contributed by atoms with Gasteiger partial charge in [-0.3, -0.25) is 19.5 Å². The number of ketones is 1. The SMILES string of the molecule is COc1cc(C(=O)N2c3ccccc3N=C3CC(c4ccc(Cl)cc4)CC(=O)C3C2c2ccc(F)cc2)cc(OC)c1OC. The number of hydrogen-bond acceptors (Lipinski definition) is 6. The summed E-state index contributed by atoms with van der Waals surface area (Å²) in [5.74, 6) is -0.775. The fourth-order valence-corrected chi connectivity index (χ4v) is 6.37. The van der Waals surface area contributed by atoms with E-state index < -0.39 is 23.7 Å². The third kappa shape index (κ3) is 5.30. The number of carbonyl (C=O) groups excluding carboxylic acids is 2. The lowest BCUT2D eigenvalue weighted by Gasteiger charge is -2.39. The zero-order valence-corrected chi connectivity index (χ0v) is 25.2. The van der Waals surface area contributed by atoms with Crippen molar-refractivity contribution in [2.45, 2.75) is 24.8 Å². The van der Waals surface area contributed by atoms with Gasteiger partial charge in [-0.25, -0.2) is 4.39 Å². The number of amides is 1. The van der Waals surface area contributed by atoms with Gasteiger partial charge in [0.15, 0.2) is 11.5 Å². The van der Waals surface area contributed by atoms with Crippen LogP contribution in [0.4, 0.5) is 15.8 Å². The number of halogens is 2. The fraction of sp³-hybridized carbons (Fsp3) is 0.229. The molecular formula is C35H30ClFN2O5. The molecular weight excluding hydrogens is 583 g/mol. The van der Waals surface area contributed by atoms with Gasteiger partial charge in [-0.15, -0.1) is 0 Å². The van der Waals surface area contributed by atoms with Crippen LogP contribution in [0.15, 0.2) is 89.9 Å². The van der Waals surface area contributed by atoms with Gasteiger partial charge in [0.25, 0.3) is 5.91 Å². The number of nitrogens with zero attached hydrogens (tertiary/aromatic N) is 2. The minimum atomic E-state index is -0.803. The number of ether oxygens (including phenoxy) is 3. The lowest BCUT2D eigenvalue weighted by molar-refractivity contribution is -0.122. The molecule has 1 amide bonds. The number of hydrogen-bond donors (Lipinski definition) is 0. The predicted octanol–water partition coefficient (Wildman–Crippen LogP) is 7.74. The molecule has 9 heteroatoms. The average Bonchev–Trinajstić information content (AvgIpc) is 3.19. The molecule has 1 heterocycles. The minimum absolute atomic E-state index is 0.0558. The Balaban J connectivity index is 1.53. The maximum Gasteiger partial charge on any atom is 0.259 e. The van der Waals surface area contributed by atoms with Crippen LogP contribution in [0.25, 0.3) is 0 Å². The van der Waals surface area contributed by atoms with Gasteiger partial charge in [0.2, 0.25) is 5.75 Å². The molecule has 3 atom stereocenters. The number of anilines is 1. The molecule has 0 saturated heterocycles. The van der Waals surface area contributed by atoms with E-state index >= 15 is 0 Å². The number of Topliss-reactive ketones (excluding diaryl/α,β-unsaturated/α-hetero) is 1. The lowest BCUT2D eigenvalue weighted by Crippen LogP contribution is -2.45. The molecule has 1 aliphatic carbocycles. The van der Waals surface area contributed by atoms with Crippen molar-refractivity contribution in [2.24, 2.45) is 10.9 Å². The van der Waals surface area contributed by atoms with E-state index in [1.54, 1.807) is 29.2 Å². The van der Waals surface area contributed by atoms with Crippen LogP contribution >= 0.6 is 11.6 Å². The van der Waals surface area contributed by atoms with E-state index in [1.165, 1.54) is 33.5 Å². The number of methoxy groups -OCH3 is 3. The van der Waals surface area contributed by atoms with Gasteiger partial charge in [0.05, 0.1) is 44.7 Å². The van der Waals surface area contributed by atoms with Crippen LogP contribution in [0, 0.1) is 11.7 Å². The van der Waals surface area contributed by atoms with Crippen LogP contribution in [0.1, 0.15) is 46.3 Å². The van der Waals surface area contributed by atoms with Crippen molar-refractivity contribution >= 4 is 40.4 Å². The van der Waals surface area contributed by atoms with E-state index in [-0.39, 0.29) is 23.7 Å². The summed E-state index contributed by atoms with van der Waals surface area (Å²) in [6.45, 7) is 0.